The Hall–Kier alpha value is -3.79. The third-order valence-corrected chi connectivity index (χ3v) is 7.14. The van der Waals surface area contributed by atoms with Crippen LogP contribution < -0.4 is 10.1 Å². The van der Waals surface area contributed by atoms with Gasteiger partial charge in [0.1, 0.15) is 11.8 Å². The molecule has 2 heterocycles. The van der Waals surface area contributed by atoms with Crippen LogP contribution in [-0.4, -0.2) is 111 Å². The van der Waals surface area contributed by atoms with E-state index in [2.05, 4.69) is 15.3 Å². The van der Waals surface area contributed by atoms with Crippen molar-refractivity contribution < 1.29 is 47.3 Å². The smallest absolute Gasteiger partial charge is 0.490 e. The van der Waals surface area contributed by atoms with Crippen LogP contribution >= 0.6 is 11.8 Å². The van der Waals surface area contributed by atoms with E-state index in [1.54, 1.807) is 19.6 Å². The van der Waals surface area contributed by atoms with Crippen LogP contribution in [0, 0.1) is 0 Å². The summed E-state index contributed by atoms with van der Waals surface area (Å²) < 4.78 is 37.2. The highest BCUT2D eigenvalue weighted by Gasteiger charge is 2.38. The molecule has 2 amide bonds. The number of thioether (sulfide) groups is 1. The number of carboxylic acid groups (broad SMARTS) is 2. The minimum atomic E-state index is -5.08. The van der Waals surface area contributed by atoms with Crippen molar-refractivity contribution in [2.45, 2.75) is 50.5 Å². The number of carbonyl (C=O) groups is 4. The third-order valence-electron chi connectivity index (χ3n) is 6.49. The summed E-state index contributed by atoms with van der Waals surface area (Å²) >= 11 is 1.54. The molecule has 4 N–H and O–H groups in total. The van der Waals surface area contributed by atoms with E-state index in [0.717, 1.165) is 18.4 Å². The first-order chi connectivity index (χ1) is 20.3. The number of likely N-dealkylation sites (tertiary alicyclic amines) is 1. The molecule has 2 atom stereocenters. The summed E-state index contributed by atoms with van der Waals surface area (Å²) in [4.78, 5) is 57.3. The topological polar surface area (TPSA) is 165 Å². The van der Waals surface area contributed by atoms with Crippen LogP contribution in [0.2, 0.25) is 0 Å². The number of hydrogen-bond donors (Lipinski definition) is 4. The fourth-order valence-corrected chi connectivity index (χ4v) is 4.96. The number of carbonyl (C=O) groups excluding carboxylic acids is 2. The predicted octanol–water partition coefficient (Wildman–Crippen LogP) is 2.41. The molecule has 1 fully saturated rings. The van der Waals surface area contributed by atoms with Gasteiger partial charge in [-0.15, -0.1) is 0 Å². The Morgan fingerprint density at radius 3 is 2.53 bits per heavy atom. The van der Waals surface area contributed by atoms with Crippen molar-refractivity contribution in [2.24, 2.45) is 0 Å². The second-order valence-corrected chi connectivity index (χ2v) is 10.6. The highest BCUT2D eigenvalue weighted by Crippen LogP contribution is 2.23. The standard InChI is InChI=1S/C25H35N5O5S.C2HF3O2/c1-35-22-8-4-3-6-18(22)14-29(16-23(31)28-21(25(33)34)9-11-36-2)15-20-7-5-10-30(20)24(32)12-19-13-26-17-27-19;3-2(4,5)1(6)7/h3-4,6,8,13,17,20-21H,5,7,9-12,14-16H2,1-2H3,(H,26,27)(H,28,31)(H,33,34);(H,6,7)/t20-,21-;/m0./s1. The zero-order valence-corrected chi connectivity index (χ0v) is 24.6. The van der Waals surface area contributed by atoms with E-state index in [4.69, 9.17) is 14.6 Å². The fraction of sp³-hybridized carbons (Fsp3) is 0.519. The summed E-state index contributed by atoms with van der Waals surface area (Å²) in [6.45, 7) is 1.59. The van der Waals surface area contributed by atoms with Gasteiger partial charge in [-0.2, -0.15) is 24.9 Å². The van der Waals surface area contributed by atoms with Crippen LogP contribution in [0.3, 0.4) is 0 Å². The molecule has 2 aromatic rings. The molecule has 1 aliphatic rings. The molecule has 0 radical (unpaired) electrons. The quantitative estimate of drug-likeness (QED) is 0.243. The number of para-hydroxylation sites is 1. The number of halogens is 3. The monoisotopic (exact) mass is 631 g/mol. The van der Waals surface area contributed by atoms with Gasteiger partial charge in [0.05, 0.1) is 32.1 Å². The molecule has 1 aromatic heterocycles. The van der Waals surface area contributed by atoms with Crippen molar-refractivity contribution in [3.8, 4) is 5.75 Å². The van der Waals surface area contributed by atoms with Gasteiger partial charge in [-0.05, 0) is 37.3 Å². The van der Waals surface area contributed by atoms with Gasteiger partial charge < -0.3 is 30.2 Å². The lowest BCUT2D eigenvalue weighted by Gasteiger charge is -2.31. The fourth-order valence-electron chi connectivity index (χ4n) is 4.49. The zero-order valence-electron chi connectivity index (χ0n) is 23.8. The molecular weight excluding hydrogens is 595 g/mol. The summed E-state index contributed by atoms with van der Waals surface area (Å²) in [5.74, 6) is -2.80. The van der Waals surface area contributed by atoms with Crippen LogP contribution in [0.4, 0.5) is 13.2 Å². The molecule has 1 saturated heterocycles. The van der Waals surface area contributed by atoms with Crippen LogP contribution in [0.1, 0.15) is 30.5 Å². The van der Waals surface area contributed by atoms with Crippen molar-refractivity contribution >= 4 is 35.5 Å². The zero-order chi connectivity index (χ0) is 32.0. The average molecular weight is 632 g/mol. The molecule has 3 rings (SSSR count). The molecule has 0 spiro atoms. The number of aromatic amines is 1. The normalized spacial score (nSPS) is 15.4. The summed E-state index contributed by atoms with van der Waals surface area (Å²) in [7, 11) is 1.60. The lowest BCUT2D eigenvalue weighted by Crippen LogP contribution is -2.49. The maximum absolute atomic E-state index is 13.0. The number of imidazole rings is 1. The van der Waals surface area contributed by atoms with Crippen LogP contribution in [0.15, 0.2) is 36.8 Å². The van der Waals surface area contributed by atoms with Gasteiger partial charge in [-0.25, -0.2) is 14.6 Å². The maximum Gasteiger partial charge on any atom is 0.490 e. The van der Waals surface area contributed by atoms with Gasteiger partial charge in [0, 0.05) is 37.4 Å². The Morgan fingerprint density at radius 2 is 1.95 bits per heavy atom. The Balaban J connectivity index is 0.000000821. The number of methoxy groups -OCH3 is 1. The van der Waals surface area contributed by atoms with Gasteiger partial charge >= 0.3 is 18.1 Å². The van der Waals surface area contributed by atoms with Crippen LogP contribution in [0.25, 0.3) is 0 Å². The maximum atomic E-state index is 13.0. The predicted molar refractivity (Wildman–Crippen MR) is 152 cm³/mol. The summed E-state index contributed by atoms with van der Waals surface area (Å²) in [5.41, 5.74) is 1.61. The lowest BCUT2D eigenvalue weighted by molar-refractivity contribution is -0.192. The number of H-pyrrole nitrogens is 1. The lowest BCUT2D eigenvalue weighted by atomic mass is 10.1. The Bertz CT molecular complexity index is 1200. The van der Waals surface area contributed by atoms with Gasteiger partial charge in [0.2, 0.25) is 11.8 Å². The molecule has 12 nitrogen and oxygen atoms in total. The van der Waals surface area contributed by atoms with Crippen molar-refractivity contribution in [3.05, 3.63) is 48.0 Å². The van der Waals surface area contributed by atoms with Crippen molar-refractivity contribution in [2.75, 3.05) is 38.8 Å². The molecule has 0 bridgehead atoms. The molecule has 238 valence electrons. The van der Waals surface area contributed by atoms with E-state index in [1.165, 1.54) is 11.8 Å². The van der Waals surface area contributed by atoms with Crippen LogP contribution in [-0.2, 0) is 32.1 Å². The number of amides is 2. The van der Waals surface area contributed by atoms with Crippen molar-refractivity contribution in [1.82, 2.24) is 25.1 Å². The summed E-state index contributed by atoms with van der Waals surface area (Å²) in [5, 5.41) is 19.3. The first kappa shape index (κ1) is 35.4. The van der Waals surface area contributed by atoms with E-state index in [1.807, 2.05) is 40.3 Å². The number of aliphatic carboxylic acids is 2. The molecule has 1 aliphatic heterocycles. The van der Waals surface area contributed by atoms with Crippen molar-refractivity contribution in [3.63, 3.8) is 0 Å². The molecule has 43 heavy (non-hydrogen) atoms. The first-order valence-electron chi connectivity index (χ1n) is 13.3. The number of aromatic nitrogens is 2. The molecule has 0 saturated carbocycles. The largest absolute Gasteiger partial charge is 0.496 e. The Morgan fingerprint density at radius 1 is 1.26 bits per heavy atom. The number of rotatable bonds is 14. The highest BCUT2D eigenvalue weighted by atomic mass is 32.2. The Labute approximate surface area is 251 Å². The molecule has 0 unspecified atom stereocenters. The number of ether oxygens (including phenoxy) is 1. The number of benzene rings is 1. The number of carboxylic acids is 2. The Kier molecular flexibility index (Phi) is 14.3. The number of nitrogens with zero attached hydrogens (tertiary/aromatic N) is 3. The third kappa shape index (κ3) is 12.2. The van der Waals surface area contributed by atoms with E-state index < -0.39 is 24.2 Å². The van der Waals surface area contributed by atoms with Crippen LogP contribution in [0.5, 0.6) is 5.75 Å². The second-order valence-electron chi connectivity index (χ2n) is 9.64. The SMILES string of the molecule is COc1ccccc1CN(CC(=O)N[C@@H](CCSC)C(=O)O)C[C@@H]1CCCN1C(=O)Cc1c[nH]cn1.O=C(O)C(F)(F)F. The minimum absolute atomic E-state index is 0.00861. The van der Waals surface area contributed by atoms with Gasteiger partial charge in [-0.3, -0.25) is 14.5 Å². The summed E-state index contributed by atoms with van der Waals surface area (Å²) in [6.07, 6.45) is 2.40. The number of hydrogen-bond acceptors (Lipinski definition) is 8. The van der Waals surface area contributed by atoms with E-state index in [-0.39, 0.29) is 30.8 Å². The highest BCUT2D eigenvalue weighted by molar-refractivity contribution is 7.98. The van der Waals surface area contributed by atoms with E-state index in [9.17, 15) is 32.7 Å². The van der Waals surface area contributed by atoms with E-state index in [0.29, 0.717) is 43.3 Å². The number of alkyl halides is 3. The second kappa shape index (κ2) is 17.4. The first-order valence-corrected chi connectivity index (χ1v) is 14.7. The van der Waals surface area contributed by atoms with Gasteiger partial charge in [0.25, 0.3) is 0 Å². The molecule has 1 aromatic carbocycles. The summed E-state index contributed by atoms with van der Waals surface area (Å²) in [6, 6.07) is 6.62. The molecular formula is C27H36F3N5O7S. The van der Waals surface area contributed by atoms with Gasteiger partial charge in [0.15, 0.2) is 0 Å². The molecule has 0 aliphatic carbocycles. The van der Waals surface area contributed by atoms with Gasteiger partial charge in [-0.1, -0.05) is 18.2 Å². The minimum Gasteiger partial charge on any atom is -0.496 e. The molecule has 16 heteroatoms. The number of nitrogens with one attached hydrogen (secondary N) is 2. The van der Waals surface area contributed by atoms with Crippen molar-refractivity contribution in [1.29, 1.82) is 0 Å². The average Bonchev–Trinajstić information content (AvgIpc) is 3.63. The van der Waals surface area contributed by atoms with E-state index >= 15 is 0 Å².